The molecule has 1 aliphatic rings. The zero-order chi connectivity index (χ0) is 27.2. The van der Waals surface area contributed by atoms with Crippen molar-refractivity contribution >= 4 is 45.5 Å². The highest BCUT2D eigenvalue weighted by molar-refractivity contribution is 9.10. The molecule has 4 rings (SSSR count). The second-order valence-electron chi connectivity index (χ2n) is 8.54. The van der Waals surface area contributed by atoms with E-state index < -0.39 is 17.8 Å². The second-order valence-corrected chi connectivity index (χ2v) is 9.46. The number of benzene rings is 3. The summed E-state index contributed by atoms with van der Waals surface area (Å²) in [6.07, 6.45) is 1.42. The lowest BCUT2D eigenvalue weighted by molar-refractivity contribution is -0.122. The molecule has 0 radical (unpaired) electrons. The Morgan fingerprint density at radius 2 is 1.55 bits per heavy atom. The number of carbonyl (C=O) groups is 3. The molecule has 1 saturated heterocycles. The molecule has 1 heterocycles. The number of hydrogen-bond donors (Lipinski definition) is 1. The Morgan fingerprint density at radius 3 is 2.26 bits per heavy atom. The Hall–Kier alpha value is -4.11. The average Bonchev–Trinajstić information content (AvgIpc) is 2.88. The molecule has 38 heavy (non-hydrogen) atoms. The van der Waals surface area contributed by atoms with E-state index >= 15 is 0 Å². The normalized spacial score (nSPS) is 14.5. The summed E-state index contributed by atoms with van der Waals surface area (Å²) in [7, 11) is 0. The number of carbonyl (C=O) groups excluding carboxylic acids is 3. The van der Waals surface area contributed by atoms with Crippen LogP contribution in [0.4, 0.5) is 10.5 Å². The predicted octanol–water partition coefficient (Wildman–Crippen LogP) is 5.59. The summed E-state index contributed by atoms with van der Waals surface area (Å²) in [5.74, 6) is 0.285. The molecule has 1 fully saturated rings. The smallest absolute Gasteiger partial charge is 0.335 e. The molecule has 0 atom stereocenters. The van der Waals surface area contributed by atoms with Gasteiger partial charge in [-0.1, -0.05) is 34.1 Å². The minimum Gasteiger partial charge on any atom is -0.490 e. The lowest BCUT2D eigenvalue weighted by Crippen LogP contribution is -2.54. The highest BCUT2D eigenvalue weighted by atomic mass is 79.9. The number of ether oxygens (including phenoxy) is 3. The molecular formula is C29H27BrN2O6. The fraction of sp³-hybridized carbons (Fsp3) is 0.207. The van der Waals surface area contributed by atoms with Crippen LogP contribution >= 0.6 is 15.9 Å². The van der Waals surface area contributed by atoms with Gasteiger partial charge in [-0.3, -0.25) is 14.9 Å². The van der Waals surface area contributed by atoms with E-state index in [1.54, 1.807) is 42.5 Å². The van der Waals surface area contributed by atoms with Gasteiger partial charge in [-0.2, -0.15) is 0 Å². The molecule has 0 bridgehead atoms. The van der Waals surface area contributed by atoms with Crippen LogP contribution in [-0.4, -0.2) is 37.7 Å². The Morgan fingerprint density at radius 1 is 0.842 bits per heavy atom. The van der Waals surface area contributed by atoms with Crippen molar-refractivity contribution in [1.29, 1.82) is 0 Å². The van der Waals surface area contributed by atoms with Crippen LogP contribution in [0.3, 0.4) is 0 Å². The van der Waals surface area contributed by atoms with Crippen LogP contribution in [0.2, 0.25) is 0 Å². The van der Waals surface area contributed by atoms with E-state index in [0.29, 0.717) is 42.6 Å². The zero-order valence-corrected chi connectivity index (χ0v) is 22.8. The predicted molar refractivity (Wildman–Crippen MR) is 148 cm³/mol. The number of barbiturate groups is 1. The third-order valence-corrected chi connectivity index (χ3v) is 6.24. The Balaban J connectivity index is 1.50. The molecule has 0 aliphatic carbocycles. The van der Waals surface area contributed by atoms with E-state index in [9.17, 15) is 14.4 Å². The third kappa shape index (κ3) is 6.23. The van der Waals surface area contributed by atoms with Crippen molar-refractivity contribution in [2.24, 2.45) is 0 Å². The van der Waals surface area contributed by atoms with Crippen LogP contribution in [0.5, 0.6) is 17.2 Å². The van der Waals surface area contributed by atoms with E-state index in [1.807, 2.05) is 39.0 Å². The summed E-state index contributed by atoms with van der Waals surface area (Å²) in [5, 5.41) is 2.23. The van der Waals surface area contributed by atoms with E-state index in [2.05, 4.69) is 21.2 Å². The number of anilines is 1. The topological polar surface area (TPSA) is 94.2 Å². The Kier molecular flexibility index (Phi) is 8.48. The highest BCUT2D eigenvalue weighted by Crippen LogP contribution is 2.30. The Labute approximate surface area is 229 Å². The standard InChI is InChI=1S/C29H27BrN2O6/c1-4-36-26-17-20(7-12-24(26)37-13-14-38-25-15-18(2)5-6-19(25)3)16-23-27(33)31-29(35)32(28(23)34)22-10-8-21(30)9-11-22/h5-12,15-17H,4,13-14H2,1-3H3,(H,31,33,35)/b23-16+. The van der Waals surface area contributed by atoms with Gasteiger partial charge in [0.05, 0.1) is 12.3 Å². The van der Waals surface area contributed by atoms with E-state index in [-0.39, 0.29) is 5.57 Å². The van der Waals surface area contributed by atoms with E-state index in [0.717, 1.165) is 26.2 Å². The number of aryl methyl sites for hydroxylation is 2. The van der Waals surface area contributed by atoms with Gasteiger partial charge in [0.15, 0.2) is 11.5 Å². The average molecular weight is 579 g/mol. The number of urea groups is 1. The van der Waals surface area contributed by atoms with Crippen molar-refractivity contribution in [2.75, 3.05) is 24.7 Å². The molecule has 0 aromatic heterocycles. The molecule has 0 unspecified atom stereocenters. The van der Waals surface area contributed by atoms with Crippen molar-refractivity contribution < 1.29 is 28.6 Å². The second kappa shape index (κ2) is 12.0. The molecule has 0 spiro atoms. The molecule has 3 aromatic rings. The van der Waals surface area contributed by atoms with E-state index in [1.165, 1.54) is 6.08 Å². The first-order valence-electron chi connectivity index (χ1n) is 12.0. The molecular weight excluding hydrogens is 552 g/mol. The van der Waals surface area contributed by atoms with Gasteiger partial charge < -0.3 is 14.2 Å². The quantitative estimate of drug-likeness (QED) is 0.202. The number of nitrogens with zero attached hydrogens (tertiary/aromatic N) is 1. The molecule has 196 valence electrons. The summed E-state index contributed by atoms with van der Waals surface area (Å²) >= 11 is 3.33. The van der Waals surface area contributed by atoms with Crippen LogP contribution < -0.4 is 24.4 Å². The van der Waals surface area contributed by atoms with Gasteiger partial charge in [0.2, 0.25) is 0 Å². The van der Waals surface area contributed by atoms with Gasteiger partial charge in [-0.15, -0.1) is 0 Å². The number of nitrogens with one attached hydrogen (secondary N) is 1. The first-order valence-corrected chi connectivity index (χ1v) is 12.8. The van der Waals surface area contributed by atoms with Crippen molar-refractivity contribution in [3.8, 4) is 17.2 Å². The molecule has 8 nitrogen and oxygen atoms in total. The summed E-state index contributed by atoms with van der Waals surface area (Å²) in [4.78, 5) is 39.0. The lowest BCUT2D eigenvalue weighted by atomic mass is 10.1. The molecule has 1 N–H and O–H groups in total. The van der Waals surface area contributed by atoms with Gasteiger partial charge >= 0.3 is 6.03 Å². The molecule has 4 amide bonds. The summed E-state index contributed by atoms with van der Waals surface area (Å²) in [6.45, 7) is 6.87. The molecule has 3 aromatic carbocycles. The highest BCUT2D eigenvalue weighted by Gasteiger charge is 2.36. The maximum Gasteiger partial charge on any atom is 0.335 e. The molecule has 9 heteroatoms. The largest absolute Gasteiger partial charge is 0.490 e. The number of imide groups is 2. The van der Waals surface area contributed by atoms with Crippen LogP contribution in [0.1, 0.15) is 23.6 Å². The first kappa shape index (κ1) is 26.9. The van der Waals surface area contributed by atoms with Crippen molar-refractivity contribution in [2.45, 2.75) is 20.8 Å². The minimum atomic E-state index is -0.804. The first-order chi connectivity index (χ1) is 18.3. The fourth-order valence-electron chi connectivity index (χ4n) is 3.82. The van der Waals surface area contributed by atoms with Gasteiger partial charge in [-0.25, -0.2) is 9.69 Å². The maximum absolute atomic E-state index is 13.1. The summed E-state index contributed by atoms with van der Waals surface area (Å²) in [5.41, 5.74) is 2.87. The fourth-order valence-corrected chi connectivity index (χ4v) is 4.08. The van der Waals surface area contributed by atoms with Gasteiger partial charge in [0, 0.05) is 4.47 Å². The van der Waals surface area contributed by atoms with Crippen molar-refractivity contribution in [3.63, 3.8) is 0 Å². The SMILES string of the molecule is CCOc1cc(/C=C2\C(=O)NC(=O)N(c3ccc(Br)cc3)C2=O)ccc1OCCOc1cc(C)ccc1C. The maximum atomic E-state index is 13.1. The van der Waals surface area contributed by atoms with Crippen LogP contribution in [-0.2, 0) is 9.59 Å². The van der Waals surface area contributed by atoms with Crippen molar-refractivity contribution in [1.82, 2.24) is 5.32 Å². The number of hydrogen-bond acceptors (Lipinski definition) is 6. The van der Waals surface area contributed by atoms with Crippen LogP contribution in [0.25, 0.3) is 6.08 Å². The number of halogens is 1. The van der Waals surface area contributed by atoms with Crippen LogP contribution in [0.15, 0.2) is 70.7 Å². The summed E-state index contributed by atoms with van der Waals surface area (Å²) < 4.78 is 18.3. The van der Waals surface area contributed by atoms with Gasteiger partial charge in [0.25, 0.3) is 11.8 Å². The summed E-state index contributed by atoms with van der Waals surface area (Å²) in [6, 6.07) is 16.9. The third-order valence-electron chi connectivity index (χ3n) is 5.71. The number of rotatable bonds is 9. The number of amides is 4. The van der Waals surface area contributed by atoms with Crippen LogP contribution in [0, 0.1) is 13.8 Å². The monoisotopic (exact) mass is 578 g/mol. The van der Waals surface area contributed by atoms with Gasteiger partial charge in [0.1, 0.15) is 24.5 Å². The Bertz CT molecular complexity index is 1400. The zero-order valence-electron chi connectivity index (χ0n) is 21.2. The lowest BCUT2D eigenvalue weighted by Gasteiger charge is -2.26. The van der Waals surface area contributed by atoms with Gasteiger partial charge in [-0.05, 0) is 86.0 Å². The molecule has 0 saturated carbocycles. The minimum absolute atomic E-state index is 0.175. The van der Waals surface area contributed by atoms with E-state index in [4.69, 9.17) is 14.2 Å². The molecule has 1 aliphatic heterocycles. The van der Waals surface area contributed by atoms with Crippen molar-refractivity contribution in [3.05, 3.63) is 87.4 Å².